The molecule has 2 aromatic rings. The highest BCUT2D eigenvalue weighted by Gasteiger charge is 2.18. The number of thiophene rings is 1. The molecule has 3 nitrogen and oxygen atoms in total. The molecular formula is C17H22N2OS. The minimum absolute atomic E-state index is 0.204. The monoisotopic (exact) mass is 302 g/mol. The highest BCUT2D eigenvalue weighted by molar-refractivity contribution is 7.12. The molecule has 4 heteroatoms. The molecule has 3 rings (SSSR count). The van der Waals surface area contributed by atoms with Crippen LogP contribution in [0.2, 0.25) is 0 Å². The summed E-state index contributed by atoms with van der Waals surface area (Å²) in [6.07, 6.45) is 9.78. The second-order valence-corrected chi connectivity index (χ2v) is 6.72. The summed E-state index contributed by atoms with van der Waals surface area (Å²) in [6, 6.07) is 4.60. The van der Waals surface area contributed by atoms with Crippen molar-refractivity contribution in [3.8, 4) is 0 Å². The van der Waals surface area contributed by atoms with Crippen LogP contribution in [-0.2, 0) is 12.8 Å². The first-order valence-electron chi connectivity index (χ1n) is 7.91. The van der Waals surface area contributed by atoms with Gasteiger partial charge in [-0.25, -0.2) is 0 Å². The van der Waals surface area contributed by atoms with Crippen LogP contribution < -0.4 is 0 Å². The predicted octanol–water partition coefficient (Wildman–Crippen LogP) is 4.44. The highest BCUT2D eigenvalue weighted by atomic mass is 32.1. The van der Waals surface area contributed by atoms with E-state index in [0.717, 1.165) is 22.6 Å². The average Bonchev–Trinajstić information content (AvgIpc) is 3.16. The van der Waals surface area contributed by atoms with Crippen molar-refractivity contribution >= 4 is 17.1 Å². The zero-order valence-corrected chi connectivity index (χ0v) is 13.4. The van der Waals surface area contributed by atoms with Crippen LogP contribution in [0.15, 0.2) is 23.7 Å². The van der Waals surface area contributed by atoms with E-state index >= 15 is 0 Å². The van der Waals surface area contributed by atoms with Crippen molar-refractivity contribution in [2.45, 2.75) is 57.9 Å². The van der Waals surface area contributed by atoms with Crippen molar-refractivity contribution in [1.82, 2.24) is 9.78 Å². The molecule has 0 radical (unpaired) electrons. The summed E-state index contributed by atoms with van der Waals surface area (Å²) in [5, 5.41) is 6.65. The van der Waals surface area contributed by atoms with Gasteiger partial charge in [-0.05, 0) is 42.3 Å². The Hall–Kier alpha value is -1.42. The molecule has 2 heterocycles. The van der Waals surface area contributed by atoms with E-state index < -0.39 is 0 Å². The smallest absolute Gasteiger partial charge is 0.179 e. The van der Waals surface area contributed by atoms with Gasteiger partial charge in [-0.2, -0.15) is 5.10 Å². The van der Waals surface area contributed by atoms with Crippen LogP contribution in [0.4, 0.5) is 0 Å². The number of ketones is 1. The molecular weight excluding hydrogens is 280 g/mol. The van der Waals surface area contributed by atoms with E-state index in [2.05, 4.69) is 22.8 Å². The molecule has 0 saturated heterocycles. The highest BCUT2D eigenvalue weighted by Crippen LogP contribution is 2.27. The van der Waals surface area contributed by atoms with Gasteiger partial charge in [0, 0.05) is 6.20 Å². The number of nitrogens with zero attached hydrogens (tertiary/aromatic N) is 2. The van der Waals surface area contributed by atoms with Gasteiger partial charge in [0.05, 0.1) is 23.0 Å². The normalized spacial score (nSPS) is 16.2. The molecule has 1 saturated carbocycles. The fraction of sp³-hybridized carbons (Fsp3) is 0.529. The standard InChI is InChI=1S/C17H22N2OS/c1-2-13-9-11-21-17(13)16(20)12-14-8-10-19(18-14)15-6-4-3-5-7-15/h8-11,15H,2-7,12H2,1H3. The maximum absolute atomic E-state index is 12.4. The number of carbonyl (C=O) groups is 1. The Morgan fingerprint density at radius 1 is 1.33 bits per heavy atom. The first kappa shape index (κ1) is 14.5. The van der Waals surface area contributed by atoms with E-state index in [1.807, 2.05) is 17.6 Å². The lowest BCUT2D eigenvalue weighted by atomic mass is 9.96. The van der Waals surface area contributed by atoms with Crippen molar-refractivity contribution < 1.29 is 4.79 Å². The predicted molar refractivity (Wildman–Crippen MR) is 86.1 cm³/mol. The summed E-state index contributed by atoms with van der Waals surface area (Å²) in [6.45, 7) is 2.09. The first-order valence-corrected chi connectivity index (χ1v) is 8.79. The molecule has 0 amide bonds. The molecule has 0 spiro atoms. The van der Waals surface area contributed by atoms with Crippen molar-refractivity contribution in [2.75, 3.05) is 0 Å². The van der Waals surface area contributed by atoms with Crippen molar-refractivity contribution in [3.63, 3.8) is 0 Å². The van der Waals surface area contributed by atoms with E-state index in [4.69, 9.17) is 0 Å². The molecule has 0 aromatic carbocycles. The van der Waals surface area contributed by atoms with Crippen LogP contribution in [0.5, 0.6) is 0 Å². The molecule has 21 heavy (non-hydrogen) atoms. The zero-order valence-electron chi connectivity index (χ0n) is 12.5. The number of hydrogen-bond acceptors (Lipinski definition) is 3. The van der Waals surface area contributed by atoms with Crippen LogP contribution in [0.1, 0.15) is 66.0 Å². The largest absolute Gasteiger partial charge is 0.293 e. The maximum atomic E-state index is 12.4. The molecule has 1 aliphatic carbocycles. The van der Waals surface area contributed by atoms with E-state index in [9.17, 15) is 4.79 Å². The van der Waals surface area contributed by atoms with Gasteiger partial charge < -0.3 is 0 Å². The summed E-state index contributed by atoms with van der Waals surface area (Å²) >= 11 is 1.55. The summed E-state index contributed by atoms with van der Waals surface area (Å²) in [4.78, 5) is 13.3. The molecule has 2 aromatic heterocycles. The first-order chi connectivity index (χ1) is 10.3. The Bertz CT molecular complexity index is 608. The SMILES string of the molecule is CCc1ccsc1C(=O)Cc1ccn(C2CCCCC2)n1. The average molecular weight is 302 g/mol. The van der Waals surface area contributed by atoms with Gasteiger partial charge in [-0.15, -0.1) is 11.3 Å². The van der Waals surface area contributed by atoms with Gasteiger partial charge in [0.15, 0.2) is 5.78 Å². The molecule has 0 aliphatic heterocycles. The maximum Gasteiger partial charge on any atom is 0.179 e. The second-order valence-electron chi connectivity index (χ2n) is 5.81. The second kappa shape index (κ2) is 6.56. The van der Waals surface area contributed by atoms with Crippen LogP contribution in [0, 0.1) is 0 Å². The summed E-state index contributed by atoms with van der Waals surface area (Å²) in [5.41, 5.74) is 2.07. The molecule has 112 valence electrons. The summed E-state index contributed by atoms with van der Waals surface area (Å²) in [5.74, 6) is 0.204. The van der Waals surface area contributed by atoms with Crippen LogP contribution in [0.25, 0.3) is 0 Å². The summed E-state index contributed by atoms with van der Waals surface area (Å²) in [7, 11) is 0. The lowest BCUT2D eigenvalue weighted by molar-refractivity contribution is 0.0994. The van der Waals surface area contributed by atoms with Gasteiger partial charge in [-0.1, -0.05) is 26.2 Å². The van der Waals surface area contributed by atoms with Gasteiger partial charge >= 0.3 is 0 Å². The quantitative estimate of drug-likeness (QED) is 0.765. The Morgan fingerprint density at radius 2 is 2.14 bits per heavy atom. The van der Waals surface area contributed by atoms with E-state index in [1.54, 1.807) is 11.3 Å². The van der Waals surface area contributed by atoms with E-state index in [1.165, 1.54) is 32.1 Å². The Balaban J connectivity index is 1.68. The number of carbonyl (C=O) groups excluding carboxylic acids is 1. The van der Waals surface area contributed by atoms with E-state index in [0.29, 0.717) is 12.5 Å². The van der Waals surface area contributed by atoms with Gasteiger partial charge in [0.25, 0.3) is 0 Å². The van der Waals surface area contributed by atoms with Crippen LogP contribution in [0.3, 0.4) is 0 Å². The lowest BCUT2D eigenvalue weighted by Crippen LogP contribution is -2.14. The Kier molecular flexibility index (Phi) is 4.54. The fourth-order valence-corrected chi connectivity index (χ4v) is 4.06. The molecule has 1 aliphatic rings. The topological polar surface area (TPSA) is 34.9 Å². The molecule has 0 atom stereocenters. The lowest BCUT2D eigenvalue weighted by Gasteiger charge is -2.21. The van der Waals surface area contributed by atoms with Crippen molar-refractivity contribution in [2.24, 2.45) is 0 Å². The number of aryl methyl sites for hydroxylation is 1. The van der Waals surface area contributed by atoms with Gasteiger partial charge in [0.2, 0.25) is 0 Å². The van der Waals surface area contributed by atoms with E-state index in [-0.39, 0.29) is 5.78 Å². The van der Waals surface area contributed by atoms with Crippen LogP contribution in [-0.4, -0.2) is 15.6 Å². The molecule has 1 fully saturated rings. The third-order valence-electron chi connectivity index (χ3n) is 4.33. The Morgan fingerprint density at radius 3 is 2.90 bits per heavy atom. The third-order valence-corrected chi connectivity index (χ3v) is 5.33. The molecule has 0 unspecified atom stereocenters. The zero-order chi connectivity index (χ0) is 14.7. The number of hydrogen-bond donors (Lipinski definition) is 0. The molecule has 0 N–H and O–H groups in total. The van der Waals surface area contributed by atoms with Crippen molar-refractivity contribution in [3.05, 3.63) is 39.8 Å². The minimum Gasteiger partial charge on any atom is -0.293 e. The number of aromatic nitrogens is 2. The minimum atomic E-state index is 0.204. The summed E-state index contributed by atoms with van der Waals surface area (Å²) < 4.78 is 2.08. The fourth-order valence-electron chi connectivity index (χ4n) is 3.12. The van der Waals surface area contributed by atoms with Gasteiger partial charge in [-0.3, -0.25) is 9.48 Å². The van der Waals surface area contributed by atoms with Crippen LogP contribution >= 0.6 is 11.3 Å². The number of Topliss-reactive ketones (excluding diaryl/α,β-unsaturated/α-hetero) is 1. The third kappa shape index (κ3) is 3.26. The van der Waals surface area contributed by atoms with Gasteiger partial charge in [0.1, 0.15) is 0 Å². The molecule has 0 bridgehead atoms. The number of rotatable bonds is 5. The Labute approximate surface area is 130 Å². The van der Waals surface area contributed by atoms with Crippen molar-refractivity contribution in [1.29, 1.82) is 0 Å².